The molecule has 0 radical (unpaired) electrons. The molecule has 0 saturated heterocycles. The lowest BCUT2D eigenvalue weighted by molar-refractivity contribution is 0.112. The Morgan fingerprint density at radius 3 is 2.25 bits per heavy atom. The van der Waals surface area contributed by atoms with Crippen LogP contribution in [0.3, 0.4) is 0 Å². The number of aldehydes is 1. The molecule has 142 valence electrons. The lowest BCUT2D eigenvalue weighted by Crippen LogP contribution is -2.23. The molecule has 28 heavy (non-hydrogen) atoms. The van der Waals surface area contributed by atoms with Crippen LogP contribution >= 0.6 is 11.8 Å². The van der Waals surface area contributed by atoms with Crippen LogP contribution in [0.15, 0.2) is 82.6 Å². The summed E-state index contributed by atoms with van der Waals surface area (Å²) in [6.07, 6.45) is 0.432. The molecule has 0 aliphatic heterocycles. The molecule has 3 aromatic rings. The Labute approximate surface area is 167 Å². The number of carboxylic acid groups (broad SMARTS) is 1. The van der Waals surface area contributed by atoms with Crippen molar-refractivity contribution in [3.8, 4) is 11.5 Å². The number of ether oxygens (including phenoxy) is 1. The second-order valence-corrected chi connectivity index (χ2v) is 7.10. The van der Waals surface area contributed by atoms with Crippen LogP contribution in [-0.2, 0) is 6.42 Å². The standard InChI is InChI=1S/C22H19NO4S/c24-15-17-3-1-2-4-21(17)27-18-7-11-20(12-8-18)28-19-9-5-16(6-10-19)13-14-23-22(25)26/h1-12,15,23H,13-14H2,(H,25,26). The van der Waals surface area contributed by atoms with E-state index in [0.29, 0.717) is 30.0 Å². The summed E-state index contributed by atoms with van der Waals surface area (Å²) in [5.41, 5.74) is 1.59. The fourth-order valence-corrected chi connectivity index (χ4v) is 3.36. The summed E-state index contributed by atoms with van der Waals surface area (Å²) < 4.78 is 5.79. The van der Waals surface area contributed by atoms with Gasteiger partial charge in [0.2, 0.25) is 0 Å². The van der Waals surface area contributed by atoms with E-state index in [9.17, 15) is 9.59 Å². The number of hydrogen-bond donors (Lipinski definition) is 2. The summed E-state index contributed by atoms with van der Waals surface area (Å²) in [6.45, 7) is 0.399. The van der Waals surface area contributed by atoms with Gasteiger partial charge in [-0.3, -0.25) is 4.79 Å². The zero-order valence-corrected chi connectivity index (χ0v) is 15.8. The van der Waals surface area contributed by atoms with E-state index < -0.39 is 6.09 Å². The van der Waals surface area contributed by atoms with Crippen molar-refractivity contribution in [3.05, 3.63) is 83.9 Å². The van der Waals surface area contributed by atoms with Crippen molar-refractivity contribution < 1.29 is 19.4 Å². The van der Waals surface area contributed by atoms with E-state index in [2.05, 4.69) is 5.32 Å². The maximum absolute atomic E-state index is 11.1. The van der Waals surface area contributed by atoms with Crippen LogP contribution in [0.25, 0.3) is 0 Å². The summed E-state index contributed by atoms with van der Waals surface area (Å²) in [5.74, 6) is 1.20. The zero-order chi connectivity index (χ0) is 19.8. The minimum atomic E-state index is -1.01. The number of para-hydroxylation sites is 1. The van der Waals surface area contributed by atoms with E-state index in [0.717, 1.165) is 21.6 Å². The molecule has 1 amide bonds. The van der Waals surface area contributed by atoms with Crippen molar-refractivity contribution in [3.63, 3.8) is 0 Å². The Balaban J connectivity index is 1.58. The highest BCUT2D eigenvalue weighted by molar-refractivity contribution is 7.99. The van der Waals surface area contributed by atoms with Crippen molar-refractivity contribution in [1.29, 1.82) is 0 Å². The van der Waals surface area contributed by atoms with Crippen LogP contribution in [0.5, 0.6) is 11.5 Å². The first-order valence-electron chi connectivity index (χ1n) is 8.70. The zero-order valence-electron chi connectivity index (χ0n) is 15.0. The molecular weight excluding hydrogens is 374 g/mol. The predicted molar refractivity (Wildman–Crippen MR) is 109 cm³/mol. The van der Waals surface area contributed by atoms with Gasteiger partial charge in [-0.05, 0) is 60.5 Å². The summed E-state index contributed by atoms with van der Waals surface area (Å²) in [7, 11) is 0. The molecular formula is C22H19NO4S. The number of nitrogens with one attached hydrogen (secondary N) is 1. The average Bonchev–Trinajstić information content (AvgIpc) is 2.71. The van der Waals surface area contributed by atoms with Crippen molar-refractivity contribution in [1.82, 2.24) is 5.32 Å². The maximum atomic E-state index is 11.1. The number of carbonyl (C=O) groups is 2. The first kappa shape index (κ1) is 19.5. The Bertz CT molecular complexity index is 940. The van der Waals surface area contributed by atoms with Gasteiger partial charge in [-0.15, -0.1) is 0 Å². The third-order valence-electron chi connectivity index (χ3n) is 3.95. The molecule has 0 unspecified atom stereocenters. The number of hydrogen-bond acceptors (Lipinski definition) is 4. The van der Waals surface area contributed by atoms with Gasteiger partial charge in [-0.25, -0.2) is 4.79 Å². The first-order chi connectivity index (χ1) is 13.6. The average molecular weight is 393 g/mol. The summed E-state index contributed by atoms with van der Waals surface area (Å²) in [5, 5.41) is 10.9. The topological polar surface area (TPSA) is 75.6 Å². The molecule has 0 fully saturated rings. The monoisotopic (exact) mass is 393 g/mol. The van der Waals surface area contributed by atoms with E-state index in [-0.39, 0.29) is 0 Å². The van der Waals surface area contributed by atoms with Gasteiger partial charge in [0.15, 0.2) is 6.29 Å². The molecule has 0 heterocycles. The third-order valence-corrected chi connectivity index (χ3v) is 4.96. The molecule has 0 saturated carbocycles. The molecule has 0 aliphatic carbocycles. The molecule has 3 aromatic carbocycles. The Hall–Kier alpha value is -3.25. The second-order valence-electron chi connectivity index (χ2n) is 5.96. The summed E-state index contributed by atoms with van der Waals surface area (Å²) in [4.78, 5) is 23.7. The van der Waals surface area contributed by atoms with Crippen LogP contribution in [-0.4, -0.2) is 24.0 Å². The van der Waals surface area contributed by atoms with Gasteiger partial charge < -0.3 is 15.2 Å². The molecule has 2 N–H and O–H groups in total. The van der Waals surface area contributed by atoms with Crippen LogP contribution in [0.4, 0.5) is 4.79 Å². The van der Waals surface area contributed by atoms with E-state index >= 15 is 0 Å². The highest BCUT2D eigenvalue weighted by atomic mass is 32.2. The van der Waals surface area contributed by atoms with Crippen LogP contribution < -0.4 is 10.1 Å². The number of carbonyl (C=O) groups excluding carboxylic acids is 1. The molecule has 5 nitrogen and oxygen atoms in total. The van der Waals surface area contributed by atoms with Gasteiger partial charge in [-0.2, -0.15) is 0 Å². The fourth-order valence-electron chi connectivity index (χ4n) is 2.55. The van der Waals surface area contributed by atoms with Crippen molar-refractivity contribution in [2.75, 3.05) is 6.54 Å². The van der Waals surface area contributed by atoms with E-state index in [4.69, 9.17) is 9.84 Å². The number of rotatable bonds is 8. The molecule has 6 heteroatoms. The second kappa shape index (κ2) is 9.62. The minimum absolute atomic E-state index is 0.399. The molecule has 0 aliphatic rings. The van der Waals surface area contributed by atoms with Gasteiger partial charge in [0.05, 0.1) is 5.56 Å². The Morgan fingerprint density at radius 2 is 1.61 bits per heavy atom. The van der Waals surface area contributed by atoms with Crippen LogP contribution in [0, 0.1) is 0 Å². The third kappa shape index (κ3) is 5.62. The summed E-state index contributed by atoms with van der Waals surface area (Å²) >= 11 is 1.63. The van der Waals surface area contributed by atoms with Crippen LogP contribution in [0.1, 0.15) is 15.9 Å². The van der Waals surface area contributed by atoms with Gasteiger partial charge >= 0.3 is 6.09 Å². The van der Waals surface area contributed by atoms with Gasteiger partial charge in [0, 0.05) is 16.3 Å². The lowest BCUT2D eigenvalue weighted by Gasteiger charge is -2.09. The van der Waals surface area contributed by atoms with Gasteiger partial charge in [0.1, 0.15) is 11.5 Å². The Morgan fingerprint density at radius 1 is 0.964 bits per heavy atom. The molecule has 0 bridgehead atoms. The quantitative estimate of drug-likeness (QED) is 0.511. The van der Waals surface area contributed by atoms with E-state index in [1.807, 2.05) is 54.6 Å². The first-order valence-corrected chi connectivity index (χ1v) is 9.51. The van der Waals surface area contributed by atoms with Crippen molar-refractivity contribution in [2.45, 2.75) is 16.2 Å². The smallest absolute Gasteiger partial charge is 0.404 e. The predicted octanol–water partition coefficient (Wildman–Crippen LogP) is 5.25. The molecule has 0 spiro atoms. The SMILES string of the molecule is O=Cc1ccccc1Oc1ccc(Sc2ccc(CCNC(=O)O)cc2)cc1. The number of benzene rings is 3. The molecule has 0 atom stereocenters. The van der Waals surface area contributed by atoms with E-state index in [1.54, 1.807) is 30.0 Å². The van der Waals surface area contributed by atoms with E-state index in [1.165, 1.54) is 0 Å². The highest BCUT2D eigenvalue weighted by Crippen LogP contribution is 2.31. The van der Waals surface area contributed by atoms with Crippen molar-refractivity contribution in [2.24, 2.45) is 0 Å². The molecule has 3 rings (SSSR count). The number of amides is 1. The minimum Gasteiger partial charge on any atom is -0.465 e. The Kier molecular flexibility index (Phi) is 6.70. The van der Waals surface area contributed by atoms with Crippen molar-refractivity contribution >= 4 is 24.1 Å². The van der Waals surface area contributed by atoms with Gasteiger partial charge in [0.25, 0.3) is 0 Å². The fraction of sp³-hybridized carbons (Fsp3) is 0.0909. The van der Waals surface area contributed by atoms with Gasteiger partial charge in [-0.1, -0.05) is 36.0 Å². The maximum Gasteiger partial charge on any atom is 0.404 e. The summed E-state index contributed by atoms with van der Waals surface area (Å²) in [6, 6.07) is 22.8. The normalized spacial score (nSPS) is 10.3. The largest absolute Gasteiger partial charge is 0.465 e. The highest BCUT2D eigenvalue weighted by Gasteiger charge is 2.04. The lowest BCUT2D eigenvalue weighted by atomic mass is 10.1. The van der Waals surface area contributed by atoms with Crippen LogP contribution in [0.2, 0.25) is 0 Å². The molecule has 0 aromatic heterocycles.